The molecule has 0 aliphatic carbocycles. The molecule has 0 aromatic carbocycles. The van der Waals surface area contributed by atoms with Crippen molar-refractivity contribution in [3.8, 4) is 0 Å². The highest BCUT2D eigenvalue weighted by atomic mass is 35.5. The maximum absolute atomic E-state index is 11.2. The molecule has 0 unspecified atom stereocenters. The molecule has 2 N–H and O–H groups in total. The zero-order chi connectivity index (χ0) is 14.0. The number of halogens is 1. The SMILES string of the molecule is Cc1nc(Cl)cc(N2CCC[C@H](CS(N)(=O)=O)C2)n1. The number of nitrogens with zero attached hydrogens (tertiary/aromatic N) is 3. The number of sulfonamides is 1. The van der Waals surface area contributed by atoms with E-state index < -0.39 is 10.0 Å². The maximum atomic E-state index is 11.2. The van der Waals surface area contributed by atoms with Crippen LogP contribution in [0.2, 0.25) is 5.15 Å². The highest BCUT2D eigenvalue weighted by molar-refractivity contribution is 7.89. The Morgan fingerprint density at radius 1 is 1.53 bits per heavy atom. The molecule has 1 aliphatic heterocycles. The fourth-order valence-electron chi connectivity index (χ4n) is 2.42. The van der Waals surface area contributed by atoms with Gasteiger partial charge in [-0.3, -0.25) is 0 Å². The predicted octanol–water partition coefficient (Wildman–Crippen LogP) is 0.943. The third-order valence-electron chi connectivity index (χ3n) is 3.10. The van der Waals surface area contributed by atoms with Gasteiger partial charge >= 0.3 is 0 Å². The lowest BCUT2D eigenvalue weighted by Crippen LogP contribution is -2.39. The Morgan fingerprint density at radius 2 is 2.26 bits per heavy atom. The topological polar surface area (TPSA) is 89.2 Å². The molecule has 0 radical (unpaired) electrons. The second kappa shape index (κ2) is 5.60. The molecule has 19 heavy (non-hydrogen) atoms. The van der Waals surface area contributed by atoms with Gasteiger partial charge in [-0.2, -0.15) is 0 Å². The van der Waals surface area contributed by atoms with E-state index >= 15 is 0 Å². The van der Waals surface area contributed by atoms with Crippen LogP contribution in [0.25, 0.3) is 0 Å². The molecular weight excluding hydrogens is 288 g/mol. The van der Waals surface area contributed by atoms with Gasteiger partial charge in [0.2, 0.25) is 10.0 Å². The smallest absolute Gasteiger partial charge is 0.209 e. The summed E-state index contributed by atoms with van der Waals surface area (Å²) in [6, 6.07) is 1.70. The van der Waals surface area contributed by atoms with E-state index in [2.05, 4.69) is 9.97 Å². The van der Waals surface area contributed by atoms with Gasteiger partial charge in [0, 0.05) is 19.2 Å². The lowest BCUT2D eigenvalue weighted by Gasteiger charge is -2.33. The maximum Gasteiger partial charge on any atom is 0.209 e. The van der Waals surface area contributed by atoms with E-state index in [1.165, 1.54) is 0 Å². The van der Waals surface area contributed by atoms with Crippen LogP contribution in [-0.4, -0.2) is 37.2 Å². The third kappa shape index (κ3) is 4.29. The highest BCUT2D eigenvalue weighted by Crippen LogP contribution is 2.23. The van der Waals surface area contributed by atoms with Crippen molar-refractivity contribution < 1.29 is 8.42 Å². The fourth-order valence-corrected chi connectivity index (χ4v) is 3.57. The van der Waals surface area contributed by atoms with E-state index in [1.807, 2.05) is 4.90 Å². The summed E-state index contributed by atoms with van der Waals surface area (Å²) in [5, 5.41) is 5.50. The molecule has 1 fully saturated rings. The van der Waals surface area contributed by atoms with E-state index in [-0.39, 0.29) is 11.7 Å². The molecule has 0 spiro atoms. The summed E-state index contributed by atoms with van der Waals surface area (Å²) in [5.41, 5.74) is 0. The van der Waals surface area contributed by atoms with E-state index in [0.29, 0.717) is 17.5 Å². The number of primary sulfonamides is 1. The summed E-state index contributed by atoms with van der Waals surface area (Å²) in [6.45, 7) is 3.25. The molecule has 1 aromatic rings. The van der Waals surface area contributed by atoms with E-state index in [0.717, 1.165) is 25.2 Å². The Hall–Kier alpha value is -0.920. The predicted molar refractivity (Wildman–Crippen MR) is 74.7 cm³/mol. The van der Waals surface area contributed by atoms with E-state index in [1.54, 1.807) is 13.0 Å². The molecule has 1 saturated heterocycles. The zero-order valence-corrected chi connectivity index (χ0v) is 12.3. The molecule has 1 atom stereocenters. The molecule has 1 aromatic heterocycles. The van der Waals surface area contributed by atoms with Crippen LogP contribution >= 0.6 is 11.6 Å². The van der Waals surface area contributed by atoms with Gasteiger partial charge in [0.25, 0.3) is 0 Å². The summed E-state index contributed by atoms with van der Waals surface area (Å²) in [6.07, 6.45) is 1.78. The summed E-state index contributed by atoms with van der Waals surface area (Å²) in [4.78, 5) is 10.4. The van der Waals surface area contributed by atoms with Crippen molar-refractivity contribution in [1.29, 1.82) is 0 Å². The molecule has 6 nitrogen and oxygen atoms in total. The lowest BCUT2D eigenvalue weighted by molar-refractivity contribution is 0.441. The summed E-state index contributed by atoms with van der Waals surface area (Å²) in [7, 11) is -3.43. The second-order valence-electron chi connectivity index (χ2n) is 4.88. The molecule has 0 saturated carbocycles. The average molecular weight is 305 g/mol. The van der Waals surface area contributed by atoms with Gasteiger partial charge in [-0.25, -0.2) is 23.5 Å². The van der Waals surface area contributed by atoms with Crippen LogP contribution in [0.1, 0.15) is 18.7 Å². The Kier molecular flexibility index (Phi) is 4.27. The minimum atomic E-state index is -3.43. The van der Waals surface area contributed by atoms with Crippen LogP contribution in [0.4, 0.5) is 5.82 Å². The zero-order valence-electron chi connectivity index (χ0n) is 10.7. The van der Waals surface area contributed by atoms with Crippen molar-refractivity contribution in [2.45, 2.75) is 19.8 Å². The minimum absolute atomic E-state index is 0.0152. The molecular formula is C11H17ClN4O2S. The van der Waals surface area contributed by atoms with Crippen LogP contribution in [-0.2, 0) is 10.0 Å². The van der Waals surface area contributed by atoms with Crippen LogP contribution < -0.4 is 10.0 Å². The van der Waals surface area contributed by atoms with Gasteiger partial charge in [0.15, 0.2) is 0 Å². The van der Waals surface area contributed by atoms with Gasteiger partial charge in [-0.15, -0.1) is 0 Å². The molecule has 2 rings (SSSR count). The van der Waals surface area contributed by atoms with Crippen LogP contribution in [0.3, 0.4) is 0 Å². The Bertz CT molecular complexity index is 544. The number of aryl methyl sites for hydroxylation is 1. The average Bonchev–Trinajstić information content (AvgIpc) is 2.25. The number of piperidine rings is 1. The van der Waals surface area contributed by atoms with Crippen LogP contribution in [0.15, 0.2) is 6.07 Å². The van der Waals surface area contributed by atoms with Crippen LogP contribution in [0.5, 0.6) is 0 Å². The minimum Gasteiger partial charge on any atom is -0.356 e. The molecule has 8 heteroatoms. The normalized spacial score (nSPS) is 20.6. The van der Waals surface area contributed by atoms with Gasteiger partial charge in [-0.1, -0.05) is 11.6 Å². The number of aromatic nitrogens is 2. The number of anilines is 1. The van der Waals surface area contributed by atoms with Gasteiger partial charge < -0.3 is 4.90 Å². The van der Waals surface area contributed by atoms with E-state index in [9.17, 15) is 8.42 Å². The first kappa shape index (κ1) is 14.5. The Labute approximate surface area is 118 Å². The molecule has 0 amide bonds. The Balaban J connectivity index is 2.12. The van der Waals surface area contributed by atoms with Gasteiger partial charge in [0.1, 0.15) is 16.8 Å². The quantitative estimate of drug-likeness (QED) is 0.840. The number of rotatable bonds is 3. The highest BCUT2D eigenvalue weighted by Gasteiger charge is 2.24. The first-order valence-electron chi connectivity index (χ1n) is 6.10. The van der Waals surface area contributed by atoms with Crippen molar-refractivity contribution in [2.24, 2.45) is 11.1 Å². The van der Waals surface area contributed by atoms with Crippen molar-refractivity contribution >= 4 is 27.4 Å². The number of hydrogen-bond acceptors (Lipinski definition) is 5. The largest absolute Gasteiger partial charge is 0.356 e. The molecule has 2 heterocycles. The third-order valence-corrected chi connectivity index (χ3v) is 4.23. The fraction of sp³-hybridized carbons (Fsp3) is 0.636. The molecule has 1 aliphatic rings. The van der Waals surface area contributed by atoms with Crippen molar-refractivity contribution in [3.05, 3.63) is 17.0 Å². The van der Waals surface area contributed by atoms with Gasteiger partial charge in [-0.05, 0) is 25.7 Å². The first-order chi connectivity index (χ1) is 8.83. The lowest BCUT2D eigenvalue weighted by atomic mass is 10.0. The van der Waals surface area contributed by atoms with Crippen molar-refractivity contribution in [2.75, 3.05) is 23.7 Å². The van der Waals surface area contributed by atoms with Gasteiger partial charge in [0.05, 0.1) is 5.75 Å². The summed E-state index contributed by atoms with van der Waals surface area (Å²) in [5.74, 6) is 1.41. The van der Waals surface area contributed by atoms with Crippen LogP contribution in [0, 0.1) is 12.8 Å². The number of hydrogen-bond donors (Lipinski definition) is 1. The van der Waals surface area contributed by atoms with E-state index in [4.69, 9.17) is 16.7 Å². The second-order valence-corrected chi connectivity index (χ2v) is 6.93. The molecule has 106 valence electrons. The monoisotopic (exact) mass is 304 g/mol. The summed E-state index contributed by atoms with van der Waals surface area (Å²) < 4.78 is 22.3. The number of nitrogens with two attached hydrogens (primary N) is 1. The summed E-state index contributed by atoms with van der Waals surface area (Å²) >= 11 is 5.92. The van der Waals surface area contributed by atoms with Crippen molar-refractivity contribution in [3.63, 3.8) is 0 Å². The Morgan fingerprint density at radius 3 is 2.89 bits per heavy atom. The molecule has 0 bridgehead atoms. The van der Waals surface area contributed by atoms with Crippen molar-refractivity contribution in [1.82, 2.24) is 9.97 Å². The first-order valence-corrected chi connectivity index (χ1v) is 8.19. The standard InChI is InChI=1S/C11H17ClN4O2S/c1-8-14-10(12)5-11(15-8)16-4-2-3-9(6-16)7-19(13,17)18/h5,9H,2-4,6-7H2,1H3,(H2,13,17,18)/t9-/m0/s1.